The standard InChI is InChI=1S/C16H16FN3O2S/c1-11(13-3-5-15(6-4-13)23(19,21)22)20-10-12-2-7-16(17)14(8-12)9-18/h2-8,11,20H,10H2,1H3,(H2,19,21,22)/t11-/m1/s1. The van der Waals surface area contributed by atoms with Gasteiger partial charge in [-0.15, -0.1) is 0 Å². The summed E-state index contributed by atoms with van der Waals surface area (Å²) in [5, 5.41) is 17.1. The van der Waals surface area contributed by atoms with Gasteiger partial charge < -0.3 is 5.32 Å². The van der Waals surface area contributed by atoms with Crippen molar-refractivity contribution in [3.05, 3.63) is 65.0 Å². The summed E-state index contributed by atoms with van der Waals surface area (Å²) in [6.45, 7) is 2.37. The molecule has 2 rings (SSSR count). The van der Waals surface area contributed by atoms with Gasteiger partial charge in [0.15, 0.2) is 0 Å². The van der Waals surface area contributed by atoms with Gasteiger partial charge in [-0.1, -0.05) is 18.2 Å². The number of nitrogens with one attached hydrogen (secondary N) is 1. The van der Waals surface area contributed by atoms with Gasteiger partial charge in [-0.2, -0.15) is 5.26 Å². The minimum Gasteiger partial charge on any atom is -0.306 e. The third-order valence-electron chi connectivity index (χ3n) is 3.47. The number of benzene rings is 2. The van der Waals surface area contributed by atoms with Gasteiger partial charge in [0.2, 0.25) is 10.0 Å². The van der Waals surface area contributed by atoms with Crippen LogP contribution in [0.5, 0.6) is 0 Å². The molecule has 0 spiro atoms. The number of primary sulfonamides is 1. The van der Waals surface area contributed by atoms with E-state index < -0.39 is 15.8 Å². The lowest BCUT2D eigenvalue weighted by atomic mass is 10.1. The predicted molar refractivity (Wildman–Crippen MR) is 84.2 cm³/mol. The number of nitriles is 1. The largest absolute Gasteiger partial charge is 0.306 e. The maximum atomic E-state index is 13.3. The fourth-order valence-electron chi connectivity index (χ4n) is 2.10. The molecule has 0 aliphatic rings. The summed E-state index contributed by atoms with van der Waals surface area (Å²) in [4.78, 5) is 0.0608. The van der Waals surface area contributed by atoms with Crippen LogP contribution in [0.25, 0.3) is 0 Å². The Kier molecular flexibility index (Phi) is 5.11. The maximum Gasteiger partial charge on any atom is 0.238 e. The Morgan fingerprint density at radius 1 is 1.26 bits per heavy atom. The number of rotatable bonds is 5. The van der Waals surface area contributed by atoms with Crippen molar-refractivity contribution in [2.24, 2.45) is 5.14 Å². The second kappa shape index (κ2) is 6.87. The average molecular weight is 333 g/mol. The molecule has 1 atom stereocenters. The molecule has 2 aromatic carbocycles. The highest BCUT2D eigenvalue weighted by atomic mass is 32.2. The van der Waals surface area contributed by atoms with E-state index in [1.54, 1.807) is 24.3 Å². The molecule has 23 heavy (non-hydrogen) atoms. The van der Waals surface area contributed by atoms with E-state index in [1.807, 2.05) is 6.92 Å². The third kappa shape index (κ3) is 4.36. The van der Waals surface area contributed by atoms with E-state index in [0.29, 0.717) is 6.54 Å². The second-order valence-electron chi connectivity index (χ2n) is 5.14. The molecule has 0 saturated carbocycles. The molecule has 0 aliphatic heterocycles. The Balaban J connectivity index is 2.05. The van der Waals surface area contributed by atoms with E-state index in [2.05, 4.69) is 5.32 Å². The van der Waals surface area contributed by atoms with Crippen molar-refractivity contribution in [1.29, 1.82) is 5.26 Å². The molecule has 0 bridgehead atoms. The smallest absolute Gasteiger partial charge is 0.238 e. The average Bonchev–Trinajstić information content (AvgIpc) is 2.53. The molecule has 0 heterocycles. The minimum absolute atomic E-state index is 0.00876. The molecule has 0 aromatic heterocycles. The van der Waals surface area contributed by atoms with Crippen LogP contribution in [-0.4, -0.2) is 8.42 Å². The molecule has 5 nitrogen and oxygen atoms in total. The van der Waals surface area contributed by atoms with Gasteiger partial charge in [-0.25, -0.2) is 17.9 Å². The van der Waals surface area contributed by atoms with Gasteiger partial charge in [-0.05, 0) is 42.3 Å². The summed E-state index contributed by atoms with van der Waals surface area (Å²) in [6.07, 6.45) is 0. The van der Waals surface area contributed by atoms with E-state index in [0.717, 1.165) is 11.1 Å². The van der Waals surface area contributed by atoms with E-state index in [-0.39, 0.29) is 16.5 Å². The first-order valence-electron chi connectivity index (χ1n) is 6.86. The SMILES string of the molecule is C[C@@H](NCc1ccc(F)c(C#N)c1)c1ccc(S(N)(=O)=O)cc1. The number of nitrogens with two attached hydrogens (primary N) is 1. The van der Waals surface area contributed by atoms with E-state index >= 15 is 0 Å². The molecule has 2 aromatic rings. The minimum atomic E-state index is -3.70. The first-order chi connectivity index (χ1) is 10.8. The fourth-order valence-corrected chi connectivity index (χ4v) is 2.62. The van der Waals surface area contributed by atoms with Gasteiger partial charge in [0, 0.05) is 12.6 Å². The summed E-state index contributed by atoms with van der Waals surface area (Å²) < 4.78 is 35.7. The lowest BCUT2D eigenvalue weighted by Crippen LogP contribution is -2.18. The summed E-state index contributed by atoms with van der Waals surface area (Å²) >= 11 is 0. The molecule has 0 radical (unpaired) electrons. The van der Waals surface area contributed by atoms with E-state index in [4.69, 9.17) is 10.4 Å². The zero-order valence-electron chi connectivity index (χ0n) is 12.5. The predicted octanol–water partition coefficient (Wildman–Crippen LogP) is 2.20. The number of halogens is 1. The summed E-state index contributed by atoms with van der Waals surface area (Å²) in [6, 6.07) is 12.4. The first kappa shape index (κ1) is 17.1. The molecule has 3 N–H and O–H groups in total. The van der Waals surface area contributed by atoms with Crippen LogP contribution in [0, 0.1) is 17.1 Å². The Hall–Kier alpha value is -2.27. The highest BCUT2D eigenvalue weighted by Gasteiger charge is 2.10. The van der Waals surface area contributed by atoms with Crippen LogP contribution in [0.4, 0.5) is 4.39 Å². The van der Waals surface area contributed by atoms with Crippen LogP contribution in [-0.2, 0) is 16.6 Å². The number of sulfonamides is 1. The second-order valence-corrected chi connectivity index (χ2v) is 6.70. The van der Waals surface area contributed by atoms with Crippen molar-refractivity contribution in [3.63, 3.8) is 0 Å². The Bertz CT molecular complexity index is 843. The third-order valence-corrected chi connectivity index (χ3v) is 4.40. The normalized spacial score (nSPS) is 12.6. The maximum absolute atomic E-state index is 13.3. The summed E-state index contributed by atoms with van der Waals surface area (Å²) in [5.41, 5.74) is 1.69. The fraction of sp³-hybridized carbons (Fsp3) is 0.188. The van der Waals surface area contributed by atoms with Gasteiger partial charge in [0.05, 0.1) is 10.5 Å². The van der Waals surface area contributed by atoms with Crippen molar-refractivity contribution in [2.75, 3.05) is 0 Å². The molecule has 7 heteroatoms. The molecule has 0 aliphatic carbocycles. The number of hydrogen-bond donors (Lipinski definition) is 2. The van der Waals surface area contributed by atoms with Crippen LogP contribution < -0.4 is 10.5 Å². The molecule has 120 valence electrons. The van der Waals surface area contributed by atoms with Crippen LogP contribution in [0.2, 0.25) is 0 Å². The molecule has 0 unspecified atom stereocenters. The van der Waals surface area contributed by atoms with Crippen molar-refractivity contribution < 1.29 is 12.8 Å². The topological polar surface area (TPSA) is 96.0 Å². The summed E-state index contributed by atoms with van der Waals surface area (Å²) in [7, 11) is -3.70. The highest BCUT2D eigenvalue weighted by molar-refractivity contribution is 7.89. The lowest BCUT2D eigenvalue weighted by Gasteiger charge is -2.15. The van der Waals surface area contributed by atoms with Crippen molar-refractivity contribution >= 4 is 10.0 Å². The number of hydrogen-bond acceptors (Lipinski definition) is 4. The van der Waals surface area contributed by atoms with Gasteiger partial charge in [-0.3, -0.25) is 0 Å². The Morgan fingerprint density at radius 2 is 1.91 bits per heavy atom. The van der Waals surface area contributed by atoms with Crippen LogP contribution >= 0.6 is 0 Å². The van der Waals surface area contributed by atoms with Gasteiger partial charge in [0.1, 0.15) is 11.9 Å². The Labute approximate surface area is 134 Å². The summed E-state index contributed by atoms with van der Waals surface area (Å²) in [5.74, 6) is -0.539. The lowest BCUT2D eigenvalue weighted by molar-refractivity contribution is 0.571. The van der Waals surface area contributed by atoms with Crippen molar-refractivity contribution in [2.45, 2.75) is 24.4 Å². The van der Waals surface area contributed by atoms with E-state index in [9.17, 15) is 12.8 Å². The van der Waals surface area contributed by atoms with Gasteiger partial charge in [0.25, 0.3) is 0 Å². The highest BCUT2D eigenvalue weighted by Crippen LogP contribution is 2.17. The first-order valence-corrected chi connectivity index (χ1v) is 8.40. The zero-order valence-corrected chi connectivity index (χ0v) is 13.3. The molecular formula is C16H16FN3O2S. The van der Waals surface area contributed by atoms with Crippen molar-refractivity contribution in [3.8, 4) is 6.07 Å². The monoisotopic (exact) mass is 333 g/mol. The van der Waals surface area contributed by atoms with Crippen molar-refractivity contribution in [1.82, 2.24) is 5.32 Å². The quantitative estimate of drug-likeness (QED) is 0.876. The van der Waals surface area contributed by atoms with Crippen LogP contribution in [0.3, 0.4) is 0 Å². The molecular weight excluding hydrogens is 317 g/mol. The van der Waals surface area contributed by atoms with E-state index in [1.165, 1.54) is 24.3 Å². The molecule has 0 amide bonds. The number of nitrogens with zero attached hydrogens (tertiary/aromatic N) is 1. The van der Waals surface area contributed by atoms with Gasteiger partial charge >= 0.3 is 0 Å². The molecule has 0 fully saturated rings. The van der Waals surface area contributed by atoms with Crippen LogP contribution in [0.15, 0.2) is 47.4 Å². The zero-order chi connectivity index (χ0) is 17.0. The molecule has 0 saturated heterocycles. The van der Waals surface area contributed by atoms with Crippen LogP contribution in [0.1, 0.15) is 29.7 Å². The Morgan fingerprint density at radius 3 is 2.48 bits per heavy atom.